The quantitative estimate of drug-likeness (QED) is 0.468. The van der Waals surface area contributed by atoms with Gasteiger partial charge in [0.1, 0.15) is 17.9 Å². The van der Waals surface area contributed by atoms with Gasteiger partial charge in [-0.3, -0.25) is 15.4 Å². The van der Waals surface area contributed by atoms with Gasteiger partial charge < -0.3 is 9.47 Å². The van der Waals surface area contributed by atoms with Crippen molar-refractivity contribution in [1.29, 1.82) is 0 Å². The number of carbonyl (C=O) groups is 1. The van der Waals surface area contributed by atoms with Gasteiger partial charge in [-0.15, -0.1) is 0 Å². The van der Waals surface area contributed by atoms with Gasteiger partial charge in [0.2, 0.25) is 5.82 Å². The van der Waals surface area contributed by atoms with Crippen LogP contribution in [0.3, 0.4) is 0 Å². The summed E-state index contributed by atoms with van der Waals surface area (Å²) in [5.41, 5.74) is -1.73. The molecule has 1 aromatic rings. The Morgan fingerprint density at radius 3 is 2.67 bits per heavy atom. The molecule has 1 atom stereocenters. The molecule has 1 N–H and O–H groups in total. The Kier molecular flexibility index (Phi) is 5.60. The molecule has 1 aromatic carbocycles. The Hall–Kier alpha value is -2.22. The van der Waals surface area contributed by atoms with Crippen LogP contribution in [0.2, 0.25) is 0 Å². The van der Waals surface area contributed by atoms with E-state index < -0.39 is 27.9 Å². The molecule has 0 aliphatic rings. The van der Waals surface area contributed by atoms with Gasteiger partial charge in [0.05, 0.1) is 12.0 Å². The second kappa shape index (κ2) is 6.98. The van der Waals surface area contributed by atoms with E-state index in [9.17, 15) is 19.3 Å². The fourth-order valence-electron chi connectivity index (χ4n) is 1.75. The Morgan fingerprint density at radius 1 is 1.52 bits per heavy atom. The maximum Gasteiger partial charge on any atom is 0.329 e. The zero-order valence-electron chi connectivity index (χ0n) is 12.0. The average Bonchev–Trinajstić information content (AvgIpc) is 2.44. The minimum absolute atomic E-state index is 0.0890. The zero-order chi connectivity index (χ0) is 16.0. The van der Waals surface area contributed by atoms with Crippen molar-refractivity contribution in [3.63, 3.8) is 0 Å². The highest BCUT2D eigenvalue weighted by molar-refractivity contribution is 5.80. The summed E-state index contributed by atoms with van der Waals surface area (Å²) in [5.74, 6) is -1.43. The Morgan fingerprint density at radius 2 is 2.19 bits per heavy atom. The number of ether oxygens (including phenoxy) is 2. The van der Waals surface area contributed by atoms with E-state index in [4.69, 9.17) is 4.74 Å². The van der Waals surface area contributed by atoms with E-state index in [1.165, 1.54) is 13.2 Å². The summed E-state index contributed by atoms with van der Waals surface area (Å²) < 4.78 is 23.5. The number of rotatable bonds is 7. The minimum Gasteiger partial charge on any atom is -0.491 e. The molecule has 8 heteroatoms. The van der Waals surface area contributed by atoms with E-state index >= 15 is 0 Å². The molecule has 1 unspecified atom stereocenters. The highest BCUT2D eigenvalue weighted by Gasteiger charge is 2.34. The third-order valence-corrected chi connectivity index (χ3v) is 2.85. The number of nitrogens with one attached hydrogen (secondary N) is 1. The third-order valence-electron chi connectivity index (χ3n) is 2.85. The molecule has 0 saturated heterocycles. The molecule has 0 spiro atoms. The number of halogens is 1. The van der Waals surface area contributed by atoms with Gasteiger partial charge in [-0.1, -0.05) is 6.92 Å². The van der Waals surface area contributed by atoms with Crippen molar-refractivity contribution in [2.75, 3.05) is 20.3 Å². The number of nitro groups is 1. The fourth-order valence-corrected chi connectivity index (χ4v) is 1.75. The number of nitrogens with zero attached hydrogens (tertiary/aromatic N) is 1. The summed E-state index contributed by atoms with van der Waals surface area (Å²) in [7, 11) is 1.25. The summed E-state index contributed by atoms with van der Waals surface area (Å²) in [6.45, 7) is 3.80. The predicted molar refractivity (Wildman–Crippen MR) is 72.6 cm³/mol. The minimum atomic E-state index is -1.10. The Bertz CT molecular complexity index is 537. The number of hydrogen-bond donors (Lipinski definition) is 1. The van der Waals surface area contributed by atoms with Crippen molar-refractivity contribution in [3.05, 3.63) is 34.1 Å². The third kappa shape index (κ3) is 4.12. The first-order valence-electron chi connectivity index (χ1n) is 6.24. The fraction of sp³-hybridized carbons (Fsp3) is 0.462. The molecule has 0 fully saturated rings. The molecular formula is C13H17FN2O5. The van der Waals surface area contributed by atoms with Crippen LogP contribution in [0.1, 0.15) is 13.8 Å². The van der Waals surface area contributed by atoms with Crippen LogP contribution in [0.15, 0.2) is 18.2 Å². The van der Waals surface area contributed by atoms with E-state index in [0.29, 0.717) is 6.54 Å². The molecule has 7 nitrogen and oxygen atoms in total. The molecule has 1 rings (SSSR count). The lowest BCUT2D eigenvalue weighted by atomic mass is 10.0. The van der Waals surface area contributed by atoms with Gasteiger partial charge in [0, 0.05) is 12.1 Å². The number of likely N-dealkylation sites (N-methyl/N-ethyl adjacent to an activating group) is 1. The lowest BCUT2D eigenvalue weighted by molar-refractivity contribution is -0.387. The molecule has 0 bridgehead atoms. The van der Waals surface area contributed by atoms with Gasteiger partial charge in [-0.05, 0) is 19.5 Å². The van der Waals surface area contributed by atoms with Crippen LogP contribution in [-0.2, 0) is 9.53 Å². The number of nitro benzene ring substituents is 1. The second-order valence-corrected chi connectivity index (χ2v) is 4.51. The van der Waals surface area contributed by atoms with Crippen molar-refractivity contribution < 1.29 is 23.6 Å². The standard InChI is InChI=1S/C13H17FN2O5/c1-4-15-13(2,12(17)20-3)8-21-9-5-6-11(16(18)19)10(14)7-9/h5-7,15H,4,8H2,1-3H3. The molecule has 21 heavy (non-hydrogen) atoms. The molecule has 0 heterocycles. The van der Waals surface area contributed by atoms with Crippen LogP contribution in [-0.4, -0.2) is 36.7 Å². The average molecular weight is 300 g/mol. The van der Waals surface area contributed by atoms with Crippen LogP contribution in [0.25, 0.3) is 0 Å². The van der Waals surface area contributed by atoms with Crippen molar-refractivity contribution in [2.24, 2.45) is 0 Å². The van der Waals surface area contributed by atoms with Gasteiger partial charge in [-0.25, -0.2) is 4.79 Å². The van der Waals surface area contributed by atoms with Crippen LogP contribution in [0.4, 0.5) is 10.1 Å². The molecule has 0 radical (unpaired) electrons. The van der Waals surface area contributed by atoms with Crippen molar-refractivity contribution in [2.45, 2.75) is 19.4 Å². The topological polar surface area (TPSA) is 90.7 Å². The molecule has 116 valence electrons. The van der Waals surface area contributed by atoms with Crippen LogP contribution in [0, 0.1) is 15.9 Å². The normalized spacial score (nSPS) is 13.3. The number of hydrogen-bond acceptors (Lipinski definition) is 6. The second-order valence-electron chi connectivity index (χ2n) is 4.51. The maximum absolute atomic E-state index is 13.5. The number of benzene rings is 1. The summed E-state index contributed by atoms with van der Waals surface area (Å²) in [4.78, 5) is 21.4. The smallest absolute Gasteiger partial charge is 0.329 e. The van der Waals surface area contributed by atoms with E-state index in [1.54, 1.807) is 6.92 Å². The summed E-state index contributed by atoms with van der Waals surface area (Å²) >= 11 is 0. The Labute approximate surface area is 121 Å². The predicted octanol–water partition coefficient (Wildman–Crippen LogP) is 1.65. The first-order chi connectivity index (χ1) is 9.84. The first kappa shape index (κ1) is 16.8. The monoisotopic (exact) mass is 300 g/mol. The van der Waals surface area contributed by atoms with E-state index in [1.807, 2.05) is 6.92 Å². The number of esters is 1. The molecule has 0 amide bonds. The van der Waals surface area contributed by atoms with Crippen molar-refractivity contribution in [1.82, 2.24) is 5.32 Å². The van der Waals surface area contributed by atoms with Crippen LogP contribution in [0.5, 0.6) is 5.75 Å². The summed E-state index contributed by atoms with van der Waals surface area (Å²) in [6, 6.07) is 3.18. The maximum atomic E-state index is 13.5. The molecule has 0 aliphatic heterocycles. The first-order valence-corrected chi connectivity index (χ1v) is 6.24. The van der Waals surface area contributed by atoms with Gasteiger partial charge in [0.25, 0.3) is 0 Å². The summed E-state index contributed by atoms with van der Waals surface area (Å²) in [5, 5.41) is 13.4. The van der Waals surface area contributed by atoms with Crippen LogP contribution >= 0.6 is 0 Å². The van der Waals surface area contributed by atoms with Crippen molar-refractivity contribution >= 4 is 11.7 Å². The van der Waals surface area contributed by atoms with E-state index in [-0.39, 0.29) is 12.4 Å². The molecule has 0 aliphatic carbocycles. The lowest BCUT2D eigenvalue weighted by Crippen LogP contribution is -2.54. The Balaban J connectivity index is 2.83. The van der Waals surface area contributed by atoms with E-state index in [0.717, 1.165) is 12.1 Å². The molecular weight excluding hydrogens is 283 g/mol. The summed E-state index contributed by atoms with van der Waals surface area (Å²) in [6.07, 6.45) is 0. The van der Waals surface area contributed by atoms with Crippen LogP contribution < -0.4 is 10.1 Å². The van der Waals surface area contributed by atoms with Gasteiger partial charge >= 0.3 is 11.7 Å². The lowest BCUT2D eigenvalue weighted by Gasteiger charge is -2.27. The highest BCUT2D eigenvalue weighted by Crippen LogP contribution is 2.23. The highest BCUT2D eigenvalue weighted by atomic mass is 19.1. The SMILES string of the molecule is CCNC(C)(COc1ccc([N+](=O)[O-])c(F)c1)C(=O)OC. The number of methoxy groups -OCH3 is 1. The van der Waals surface area contributed by atoms with Gasteiger partial charge in [0.15, 0.2) is 0 Å². The number of carbonyl (C=O) groups excluding carboxylic acids is 1. The largest absolute Gasteiger partial charge is 0.491 e. The van der Waals surface area contributed by atoms with Gasteiger partial charge in [-0.2, -0.15) is 4.39 Å². The molecule has 0 saturated carbocycles. The molecule has 0 aromatic heterocycles. The van der Waals surface area contributed by atoms with Crippen molar-refractivity contribution in [3.8, 4) is 5.75 Å². The van der Waals surface area contributed by atoms with E-state index in [2.05, 4.69) is 10.1 Å². The zero-order valence-corrected chi connectivity index (χ0v) is 12.0.